The summed E-state index contributed by atoms with van der Waals surface area (Å²) in [6, 6.07) is 9.09. The van der Waals surface area contributed by atoms with E-state index in [1.165, 1.54) is 24.0 Å². The molecule has 3 rings (SSSR count). The summed E-state index contributed by atoms with van der Waals surface area (Å²) in [5.41, 5.74) is 8.39. The van der Waals surface area contributed by atoms with Crippen molar-refractivity contribution in [3.63, 3.8) is 0 Å². The molecule has 3 N–H and O–H groups in total. The van der Waals surface area contributed by atoms with Crippen molar-refractivity contribution in [1.29, 1.82) is 0 Å². The molecule has 0 aromatic heterocycles. The van der Waals surface area contributed by atoms with E-state index in [9.17, 15) is 0 Å². The number of hydrogen-bond donors (Lipinski definition) is 2. The maximum absolute atomic E-state index is 5.61. The van der Waals surface area contributed by atoms with Gasteiger partial charge in [-0.25, -0.2) is 0 Å². The number of aliphatic imine (C=N–C) groups is 1. The fourth-order valence-electron chi connectivity index (χ4n) is 2.09. The van der Waals surface area contributed by atoms with Crippen LogP contribution in [0.15, 0.2) is 29.3 Å². The first-order chi connectivity index (χ1) is 7.33. The number of benzene rings is 1. The molecule has 0 spiro atoms. The second-order valence-corrected chi connectivity index (χ2v) is 4.37. The minimum absolute atomic E-state index is 0.281. The number of nitrogens with one attached hydrogen (secondary N) is 1. The van der Waals surface area contributed by atoms with E-state index >= 15 is 0 Å². The fraction of sp³-hybridized carbons (Fsp3) is 0.417. The summed E-state index contributed by atoms with van der Waals surface area (Å²) in [7, 11) is 0. The number of nitrogens with zero attached hydrogens (tertiary/aromatic N) is 1. The van der Waals surface area contributed by atoms with Crippen molar-refractivity contribution >= 4 is 5.96 Å². The van der Waals surface area contributed by atoms with Crippen molar-refractivity contribution in [2.75, 3.05) is 6.54 Å². The van der Waals surface area contributed by atoms with Gasteiger partial charge in [0.05, 0.1) is 12.6 Å². The predicted molar refractivity (Wildman–Crippen MR) is 60.8 cm³/mol. The molecule has 78 valence electrons. The zero-order valence-electron chi connectivity index (χ0n) is 8.61. The van der Waals surface area contributed by atoms with Crippen LogP contribution in [0.5, 0.6) is 0 Å². The van der Waals surface area contributed by atoms with E-state index in [1.807, 2.05) is 0 Å². The molecule has 0 bridgehead atoms. The Bertz CT molecular complexity index is 407. The Morgan fingerprint density at radius 1 is 1.27 bits per heavy atom. The Kier molecular flexibility index (Phi) is 1.91. The van der Waals surface area contributed by atoms with Crippen LogP contribution in [-0.2, 0) is 0 Å². The van der Waals surface area contributed by atoms with E-state index in [0.717, 1.165) is 12.5 Å². The molecule has 1 aliphatic heterocycles. The van der Waals surface area contributed by atoms with Crippen LogP contribution < -0.4 is 11.1 Å². The normalized spacial score (nSPS) is 24.8. The largest absolute Gasteiger partial charge is 0.370 e. The van der Waals surface area contributed by atoms with Gasteiger partial charge < -0.3 is 11.1 Å². The van der Waals surface area contributed by atoms with Crippen molar-refractivity contribution in [3.05, 3.63) is 35.4 Å². The minimum Gasteiger partial charge on any atom is -0.370 e. The highest BCUT2D eigenvalue weighted by molar-refractivity contribution is 5.80. The van der Waals surface area contributed by atoms with Crippen LogP contribution in [0, 0.1) is 0 Å². The zero-order chi connectivity index (χ0) is 10.3. The summed E-state index contributed by atoms with van der Waals surface area (Å²) in [6.45, 7) is 0.764. The van der Waals surface area contributed by atoms with Gasteiger partial charge >= 0.3 is 0 Å². The van der Waals surface area contributed by atoms with Gasteiger partial charge in [0.25, 0.3) is 0 Å². The Balaban J connectivity index is 1.82. The molecule has 0 saturated heterocycles. The van der Waals surface area contributed by atoms with Gasteiger partial charge in [-0.15, -0.1) is 0 Å². The third-order valence-corrected chi connectivity index (χ3v) is 3.13. The maximum Gasteiger partial charge on any atom is 0.189 e. The standard InChI is InChI=1S/C12H15N3/c13-12-14-7-11(15-12)10-3-1-2-9(6-10)8-4-5-8/h1-3,6,8,11H,4-5,7H2,(H3,13,14,15). The van der Waals surface area contributed by atoms with Crippen molar-refractivity contribution in [3.8, 4) is 0 Å². The molecule has 3 nitrogen and oxygen atoms in total. The second kappa shape index (κ2) is 3.26. The van der Waals surface area contributed by atoms with E-state index < -0.39 is 0 Å². The number of nitrogens with two attached hydrogens (primary N) is 1. The third kappa shape index (κ3) is 1.69. The molecule has 1 fully saturated rings. The molecule has 1 aliphatic carbocycles. The summed E-state index contributed by atoms with van der Waals surface area (Å²) in [5.74, 6) is 1.38. The second-order valence-electron chi connectivity index (χ2n) is 4.37. The molecule has 15 heavy (non-hydrogen) atoms. The van der Waals surface area contributed by atoms with Crippen LogP contribution in [0.1, 0.15) is 35.9 Å². The van der Waals surface area contributed by atoms with Gasteiger partial charge in [-0.05, 0) is 29.9 Å². The Labute approximate surface area is 89.4 Å². The third-order valence-electron chi connectivity index (χ3n) is 3.13. The number of hydrogen-bond acceptors (Lipinski definition) is 3. The highest BCUT2D eigenvalue weighted by Crippen LogP contribution is 2.40. The molecule has 2 aliphatic rings. The molecule has 1 heterocycles. The lowest BCUT2D eigenvalue weighted by Gasteiger charge is -2.12. The van der Waals surface area contributed by atoms with Gasteiger partial charge in [0.15, 0.2) is 5.96 Å². The zero-order valence-corrected chi connectivity index (χ0v) is 8.61. The van der Waals surface area contributed by atoms with Crippen molar-refractivity contribution < 1.29 is 0 Å². The molecular formula is C12H15N3. The van der Waals surface area contributed by atoms with E-state index in [2.05, 4.69) is 34.6 Å². The first-order valence-corrected chi connectivity index (χ1v) is 5.49. The number of guanidine groups is 1. The lowest BCUT2D eigenvalue weighted by molar-refractivity contribution is 0.706. The topological polar surface area (TPSA) is 50.4 Å². The Hall–Kier alpha value is -1.51. The molecule has 1 aromatic carbocycles. The summed E-state index contributed by atoms with van der Waals surface area (Å²) in [5, 5.41) is 3.18. The quantitative estimate of drug-likeness (QED) is 0.762. The lowest BCUT2D eigenvalue weighted by atomic mass is 10.0. The smallest absolute Gasteiger partial charge is 0.189 e. The molecular weight excluding hydrogens is 186 g/mol. The van der Waals surface area contributed by atoms with Crippen LogP contribution in [0.3, 0.4) is 0 Å². The van der Waals surface area contributed by atoms with E-state index in [4.69, 9.17) is 5.73 Å². The summed E-state index contributed by atoms with van der Waals surface area (Å²) >= 11 is 0. The molecule has 1 unspecified atom stereocenters. The summed E-state index contributed by atoms with van der Waals surface area (Å²) in [6.07, 6.45) is 2.69. The minimum atomic E-state index is 0.281. The summed E-state index contributed by atoms with van der Waals surface area (Å²) < 4.78 is 0. The van der Waals surface area contributed by atoms with Crippen molar-refractivity contribution in [2.45, 2.75) is 24.8 Å². The van der Waals surface area contributed by atoms with Crippen molar-refractivity contribution in [2.24, 2.45) is 10.7 Å². The SMILES string of the molecule is NC1=NCC(c2cccc(C3CC3)c2)N1. The van der Waals surface area contributed by atoms with Crippen LogP contribution in [0.4, 0.5) is 0 Å². The maximum atomic E-state index is 5.61. The van der Waals surface area contributed by atoms with Gasteiger partial charge in [0.1, 0.15) is 0 Å². The highest BCUT2D eigenvalue weighted by Gasteiger charge is 2.25. The van der Waals surface area contributed by atoms with Gasteiger partial charge in [0, 0.05) is 0 Å². The predicted octanol–water partition coefficient (Wildman–Crippen LogP) is 1.52. The monoisotopic (exact) mass is 201 g/mol. The Morgan fingerprint density at radius 2 is 2.07 bits per heavy atom. The van der Waals surface area contributed by atoms with E-state index in [1.54, 1.807) is 0 Å². The molecule has 1 saturated carbocycles. The van der Waals surface area contributed by atoms with Crippen LogP contribution in [0.2, 0.25) is 0 Å². The average Bonchev–Trinajstić information content (AvgIpc) is 3.02. The van der Waals surface area contributed by atoms with Gasteiger partial charge in [-0.3, -0.25) is 4.99 Å². The molecule has 1 aromatic rings. The van der Waals surface area contributed by atoms with Gasteiger partial charge in [-0.2, -0.15) is 0 Å². The van der Waals surface area contributed by atoms with E-state index in [0.29, 0.717) is 5.96 Å². The van der Waals surface area contributed by atoms with Crippen LogP contribution >= 0.6 is 0 Å². The molecule has 1 atom stereocenters. The average molecular weight is 201 g/mol. The first kappa shape index (κ1) is 8.77. The molecule has 0 amide bonds. The molecule has 0 radical (unpaired) electrons. The Morgan fingerprint density at radius 3 is 2.73 bits per heavy atom. The first-order valence-electron chi connectivity index (χ1n) is 5.49. The van der Waals surface area contributed by atoms with E-state index in [-0.39, 0.29) is 6.04 Å². The lowest BCUT2D eigenvalue weighted by Crippen LogP contribution is -2.29. The van der Waals surface area contributed by atoms with Crippen molar-refractivity contribution in [1.82, 2.24) is 5.32 Å². The summed E-state index contributed by atoms with van der Waals surface area (Å²) in [4.78, 5) is 4.17. The van der Waals surface area contributed by atoms with Crippen LogP contribution in [-0.4, -0.2) is 12.5 Å². The number of rotatable bonds is 2. The van der Waals surface area contributed by atoms with Gasteiger partial charge in [0.2, 0.25) is 0 Å². The van der Waals surface area contributed by atoms with Crippen LogP contribution in [0.25, 0.3) is 0 Å². The highest BCUT2D eigenvalue weighted by atomic mass is 15.2. The van der Waals surface area contributed by atoms with Gasteiger partial charge in [-0.1, -0.05) is 24.3 Å². The fourth-order valence-corrected chi connectivity index (χ4v) is 2.09. The molecule has 3 heteroatoms.